The Morgan fingerprint density at radius 1 is 1.62 bits per heavy atom. The molecule has 0 saturated heterocycles. The fourth-order valence-electron chi connectivity index (χ4n) is 0. The maximum Gasteiger partial charge on any atom is 0.235 e. The van der Waals surface area contributed by atoms with Crippen molar-refractivity contribution in [1.29, 1.82) is 0 Å². The van der Waals surface area contributed by atoms with E-state index < -0.39 is 5.24 Å². The fraction of sp³-hybridized carbons (Fsp3) is 0.500. The monoisotopic (exact) mass is 231 g/mol. The zero-order valence-electron chi connectivity index (χ0n) is 3.57. The summed E-state index contributed by atoms with van der Waals surface area (Å²) in [5.41, 5.74) is 4.69. The van der Waals surface area contributed by atoms with Crippen molar-refractivity contribution in [2.75, 3.05) is 6.54 Å². The first kappa shape index (κ1) is 22.8. The Balaban J connectivity index is -0.0000000267. The third kappa shape index (κ3) is 26.6. The largest absolute Gasteiger partial charge is 0.412 e. The van der Waals surface area contributed by atoms with Gasteiger partial charge >= 0.3 is 0 Å². The summed E-state index contributed by atoms with van der Waals surface area (Å²) >= 11 is 4.70. The molecule has 0 radical (unpaired) electrons. The molecular formula is C2H9AlClNO2Zr. The first-order valence-corrected chi connectivity index (χ1v) is 1.53. The van der Waals surface area contributed by atoms with Gasteiger partial charge in [0.1, 0.15) is 0 Å². The third-order valence-corrected chi connectivity index (χ3v) is 0.315. The topological polar surface area (TPSA) is 74.6 Å². The van der Waals surface area contributed by atoms with E-state index >= 15 is 0 Å². The molecule has 0 rings (SSSR count). The van der Waals surface area contributed by atoms with Gasteiger partial charge in [0.2, 0.25) is 5.24 Å². The SMILES string of the molecule is NCC(=O)Cl.O.[AlH3].[Zr]. The maximum absolute atomic E-state index is 9.45. The second-order valence-electron chi connectivity index (χ2n) is 0.559. The van der Waals surface area contributed by atoms with Gasteiger partial charge in [-0.05, 0) is 11.6 Å². The molecule has 4 N–H and O–H groups in total. The zero-order chi connectivity index (χ0) is 4.28. The molecule has 0 heterocycles. The van der Waals surface area contributed by atoms with Crippen molar-refractivity contribution in [3.8, 4) is 0 Å². The van der Waals surface area contributed by atoms with Gasteiger partial charge in [0.05, 0.1) is 6.54 Å². The van der Waals surface area contributed by atoms with Gasteiger partial charge < -0.3 is 11.2 Å². The van der Waals surface area contributed by atoms with E-state index in [2.05, 4.69) is 5.73 Å². The van der Waals surface area contributed by atoms with E-state index in [9.17, 15) is 4.79 Å². The van der Waals surface area contributed by atoms with Crippen LogP contribution in [0, 0.1) is 0 Å². The van der Waals surface area contributed by atoms with Crippen molar-refractivity contribution < 1.29 is 36.5 Å². The summed E-state index contributed by atoms with van der Waals surface area (Å²) < 4.78 is 0. The molecule has 48 valence electrons. The van der Waals surface area contributed by atoms with Gasteiger partial charge in [-0.2, -0.15) is 0 Å². The molecule has 0 atom stereocenters. The number of carbonyl (C=O) groups excluding carboxylic acids is 1. The van der Waals surface area contributed by atoms with Gasteiger partial charge in [0, 0.05) is 26.2 Å². The molecule has 0 aliphatic carbocycles. The quantitative estimate of drug-likeness (QED) is 0.408. The van der Waals surface area contributed by atoms with Gasteiger partial charge in [-0.3, -0.25) is 4.79 Å². The van der Waals surface area contributed by atoms with E-state index in [1.54, 1.807) is 0 Å². The third-order valence-electron chi connectivity index (χ3n) is 0.160. The van der Waals surface area contributed by atoms with Crippen molar-refractivity contribution >= 4 is 34.2 Å². The molecule has 0 saturated carbocycles. The number of carbonyl (C=O) groups is 1. The molecular weight excluding hydrogens is 224 g/mol. The summed E-state index contributed by atoms with van der Waals surface area (Å²) in [5.74, 6) is 0. The summed E-state index contributed by atoms with van der Waals surface area (Å²) in [6.45, 7) is -0.0679. The van der Waals surface area contributed by atoms with Crippen molar-refractivity contribution in [3.05, 3.63) is 0 Å². The zero-order valence-corrected chi connectivity index (χ0v) is 6.78. The Hall–Kier alpha value is 1.30. The summed E-state index contributed by atoms with van der Waals surface area (Å²) in [4.78, 5) is 9.45. The van der Waals surface area contributed by atoms with E-state index in [-0.39, 0.29) is 55.6 Å². The Bertz CT molecular complexity index is 55.3. The number of halogens is 1. The second-order valence-corrected chi connectivity index (χ2v) is 0.981. The van der Waals surface area contributed by atoms with Crippen molar-refractivity contribution in [1.82, 2.24) is 0 Å². The molecule has 8 heavy (non-hydrogen) atoms. The number of nitrogens with two attached hydrogens (primary N) is 1. The van der Waals surface area contributed by atoms with Crippen LogP contribution in [-0.2, 0) is 31.0 Å². The first-order valence-electron chi connectivity index (χ1n) is 1.15. The van der Waals surface area contributed by atoms with Gasteiger partial charge in [-0.25, -0.2) is 0 Å². The van der Waals surface area contributed by atoms with Crippen molar-refractivity contribution in [3.63, 3.8) is 0 Å². The molecule has 0 aromatic heterocycles. The predicted octanol–water partition coefficient (Wildman–Crippen LogP) is -2.30. The van der Waals surface area contributed by atoms with Gasteiger partial charge in [0.15, 0.2) is 17.4 Å². The summed E-state index contributed by atoms with van der Waals surface area (Å²) in [6, 6.07) is 0. The number of rotatable bonds is 1. The van der Waals surface area contributed by atoms with Gasteiger partial charge in [-0.1, -0.05) is 0 Å². The normalized spacial score (nSPS) is 4.75. The molecule has 3 nitrogen and oxygen atoms in total. The maximum atomic E-state index is 9.45. The Kier molecular flexibility index (Phi) is 44.9. The Morgan fingerprint density at radius 3 is 1.75 bits per heavy atom. The molecule has 0 aromatic carbocycles. The summed E-state index contributed by atoms with van der Waals surface area (Å²) in [6.07, 6.45) is 0. The molecule has 0 bridgehead atoms. The molecule has 0 spiro atoms. The first-order chi connectivity index (χ1) is 2.27. The Labute approximate surface area is 82.5 Å². The average Bonchev–Trinajstić information content (AvgIpc) is 1.38. The van der Waals surface area contributed by atoms with E-state index in [1.807, 2.05) is 0 Å². The van der Waals surface area contributed by atoms with E-state index in [1.165, 1.54) is 0 Å². The predicted molar refractivity (Wildman–Crippen MR) is 33.5 cm³/mol. The molecule has 0 aliphatic heterocycles. The van der Waals surface area contributed by atoms with Crippen LogP contribution in [0.1, 0.15) is 0 Å². The van der Waals surface area contributed by atoms with Crippen LogP contribution in [0.5, 0.6) is 0 Å². The minimum Gasteiger partial charge on any atom is -0.412 e. The van der Waals surface area contributed by atoms with E-state index in [4.69, 9.17) is 11.6 Å². The standard InChI is InChI=1S/C2H4ClNO.Al.H2O.Zr.3H/c3-2(5)1-4;;;;;;/h1,4H2;;1H2;;;;. The van der Waals surface area contributed by atoms with Crippen LogP contribution in [0.2, 0.25) is 0 Å². The summed E-state index contributed by atoms with van der Waals surface area (Å²) in [7, 11) is 0. The van der Waals surface area contributed by atoms with Crippen LogP contribution in [0.25, 0.3) is 0 Å². The molecule has 0 aromatic rings. The molecule has 0 unspecified atom stereocenters. The van der Waals surface area contributed by atoms with Crippen LogP contribution >= 0.6 is 11.6 Å². The molecule has 0 aliphatic rings. The van der Waals surface area contributed by atoms with Crippen LogP contribution in [0.15, 0.2) is 0 Å². The minimum atomic E-state index is -0.495. The van der Waals surface area contributed by atoms with Crippen LogP contribution < -0.4 is 5.73 Å². The minimum absolute atomic E-state index is 0. The van der Waals surface area contributed by atoms with E-state index in [0.29, 0.717) is 0 Å². The van der Waals surface area contributed by atoms with Gasteiger partial charge in [0.25, 0.3) is 0 Å². The van der Waals surface area contributed by atoms with E-state index in [0.717, 1.165) is 0 Å². The smallest absolute Gasteiger partial charge is 0.235 e. The number of hydrogen-bond donors (Lipinski definition) is 1. The molecule has 0 fully saturated rings. The van der Waals surface area contributed by atoms with Crippen LogP contribution in [-0.4, -0.2) is 34.6 Å². The Morgan fingerprint density at radius 2 is 1.75 bits per heavy atom. The van der Waals surface area contributed by atoms with Crippen molar-refractivity contribution in [2.45, 2.75) is 0 Å². The van der Waals surface area contributed by atoms with Crippen molar-refractivity contribution in [2.24, 2.45) is 5.73 Å². The average molecular weight is 233 g/mol. The molecule has 6 heteroatoms. The second kappa shape index (κ2) is 15.7. The van der Waals surface area contributed by atoms with Gasteiger partial charge in [-0.15, -0.1) is 0 Å². The van der Waals surface area contributed by atoms with Crippen LogP contribution in [0.4, 0.5) is 0 Å². The summed E-state index contributed by atoms with van der Waals surface area (Å²) in [5, 5.41) is -0.495. The van der Waals surface area contributed by atoms with Crippen LogP contribution in [0.3, 0.4) is 0 Å². The fourth-order valence-corrected chi connectivity index (χ4v) is 0. The number of hydrogen-bond acceptors (Lipinski definition) is 2. The molecule has 0 amide bonds.